The Morgan fingerprint density at radius 2 is 1.56 bits per heavy atom. The molecular formula is C44H43N3O7. The normalized spacial score (nSPS) is 29.8. The summed E-state index contributed by atoms with van der Waals surface area (Å²) in [5.74, 6) is -3.94. The van der Waals surface area contributed by atoms with Crippen molar-refractivity contribution in [3.8, 4) is 0 Å². The standard InChI is InChI=1S/C44H43N3O7/c1-28-39(31-17-7-4-8-18-31)53-43(52)37-35(20-11-12-21-36(49)45(28)2)54-44-24-13-25-46(33-23-22-29-14-9-10-19-32(29)26-33)42(51)40(44)47(41(50)38(37)44)34(27-48)30-15-5-3-6-16-30/h3-11,13-20,22-24,26,28,34-35,37-40,48H,12,21,25,27H2,1-2H3/b20-11-/t28-,34+,35-,37+,38+,39+,40-,44+/m0/s1. The van der Waals surface area contributed by atoms with Gasteiger partial charge in [0.2, 0.25) is 11.8 Å². The molecule has 8 rings (SSSR count). The zero-order chi connectivity index (χ0) is 37.6. The Labute approximate surface area is 314 Å². The maximum Gasteiger partial charge on any atom is 0.313 e. The molecule has 0 bridgehead atoms. The number of ether oxygens (including phenoxy) is 2. The van der Waals surface area contributed by atoms with Gasteiger partial charge in [-0.3, -0.25) is 19.2 Å². The Hall–Kier alpha value is -5.58. The summed E-state index contributed by atoms with van der Waals surface area (Å²) in [7, 11) is 1.70. The molecule has 4 aromatic carbocycles. The number of likely N-dealkylation sites (N-methyl/N-ethyl adjacent to an activating group) is 1. The van der Waals surface area contributed by atoms with E-state index >= 15 is 9.59 Å². The predicted molar refractivity (Wildman–Crippen MR) is 203 cm³/mol. The zero-order valence-electron chi connectivity index (χ0n) is 30.2. The van der Waals surface area contributed by atoms with Crippen molar-refractivity contribution in [2.45, 2.75) is 55.7 Å². The third-order valence-electron chi connectivity index (χ3n) is 11.6. The summed E-state index contributed by atoms with van der Waals surface area (Å²) >= 11 is 0. The van der Waals surface area contributed by atoms with Crippen LogP contribution in [0, 0.1) is 11.8 Å². The minimum atomic E-state index is -1.58. The second-order valence-electron chi connectivity index (χ2n) is 14.6. The molecule has 54 heavy (non-hydrogen) atoms. The predicted octanol–water partition coefficient (Wildman–Crippen LogP) is 5.54. The van der Waals surface area contributed by atoms with Gasteiger partial charge in [0.15, 0.2) is 0 Å². The second kappa shape index (κ2) is 14.3. The SMILES string of the molecule is C[C@H]1[C@H](c2ccccc2)OC(=O)[C@@H]2[C@H](/C=C\CCC(=O)N1C)O[C@@]13C=CCN(c4ccc5ccccc5c4)C(=O)[C@@H]1N([C@H](CO)c1ccccc1)C(=O)[C@@H]23. The molecule has 2 fully saturated rings. The lowest BCUT2D eigenvalue weighted by molar-refractivity contribution is -0.164. The Kier molecular flexibility index (Phi) is 9.41. The Bertz CT molecular complexity index is 2140. The highest BCUT2D eigenvalue weighted by molar-refractivity contribution is 6.06. The number of rotatable bonds is 5. The molecule has 4 aliphatic rings. The van der Waals surface area contributed by atoms with Crippen LogP contribution < -0.4 is 4.90 Å². The molecule has 4 aliphatic heterocycles. The maximum absolute atomic E-state index is 15.2. The Morgan fingerprint density at radius 1 is 0.852 bits per heavy atom. The summed E-state index contributed by atoms with van der Waals surface area (Å²) in [6, 6.07) is 29.4. The number of benzene rings is 4. The molecule has 1 N–H and O–H groups in total. The first-order valence-electron chi connectivity index (χ1n) is 18.5. The van der Waals surface area contributed by atoms with Crippen LogP contribution in [0.25, 0.3) is 10.8 Å². The van der Waals surface area contributed by atoms with Crippen molar-refractivity contribution in [1.82, 2.24) is 9.80 Å². The highest BCUT2D eigenvalue weighted by atomic mass is 16.6. The minimum Gasteiger partial charge on any atom is -0.455 e. The quantitative estimate of drug-likeness (QED) is 0.212. The highest BCUT2D eigenvalue weighted by Gasteiger charge is 2.72. The van der Waals surface area contributed by atoms with Crippen molar-refractivity contribution < 1.29 is 33.8 Å². The van der Waals surface area contributed by atoms with Gasteiger partial charge in [0, 0.05) is 25.7 Å². The fourth-order valence-electron chi connectivity index (χ4n) is 8.77. The molecule has 4 heterocycles. The molecule has 10 heteroatoms. The zero-order valence-corrected chi connectivity index (χ0v) is 30.2. The van der Waals surface area contributed by atoms with Gasteiger partial charge in [0.05, 0.1) is 30.7 Å². The van der Waals surface area contributed by atoms with Gasteiger partial charge < -0.3 is 29.3 Å². The first-order valence-corrected chi connectivity index (χ1v) is 18.5. The first kappa shape index (κ1) is 35.4. The molecule has 1 spiro atoms. The third-order valence-corrected chi connectivity index (χ3v) is 11.6. The van der Waals surface area contributed by atoms with Crippen LogP contribution in [-0.4, -0.2) is 82.6 Å². The number of nitrogens with zero attached hydrogens (tertiary/aromatic N) is 3. The van der Waals surface area contributed by atoms with Gasteiger partial charge in [-0.05, 0) is 47.4 Å². The van der Waals surface area contributed by atoms with Gasteiger partial charge in [-0.15, -0.1) is 0 Å². The molecule has 0 aliphatic carbocycles. The number of allylic oxidation sites excluding steroid dienone is 1. The van der Waals surface area contributed by atoms with Gasteiger partial charge in [0.1, 0.15) is 23.7 Å². The molecule has 10 nitrogen and oxygen atoms in total. The van der Waals surface area contributed by atoms with Crippen LogP contribution in [0.3, 0.4) is 0 Å². The number of fused-ring (bicyclic) bond motifs is 3. The van der Waals surface area contributed by atoms with Crippen molar-refractivity contribution in [2.24, 2.45) is 11.8 Å². The van der Waals surface area contributed by atoms with Crippen LogP contribution in [0.15, 0.2) is 127 Å². The lowest BCUT2D eigenvalue weighted by atomic mass is 9.77. The number of esters is 1. The fraction of sp³-hybridized carbons (Fsp3) is 0.318. The van der Waals surface area contributed by atoms with Crippen molar-refractivity contribution >= 4 is 40.2 Å². The lowest BCUT2D eigenvalue weighted by Crippen LogP contribution is -2.56. The fourth-order valence-corrected chi connectivity index (χ4v) is 8.77. The smallest absolute Gasteiger partial charge is 0.313 e. The van der Waals surface area contributed by atoms with Crippen LogP contribution in [-0.2, 0) is 28.7 Å². The van der Waals surface area contributed by atoms with Crippen LogP contribution in [0.2, 0.25) is 0 Å². The van der Waals surface area contributed by atoms with E-state index < -0.39 is 72.2 Å². The summed E-state index contributed by atoms with van der Waals surface area (Å²) in [5.41, 5.74) is 0.411. The second-order valence-corrected chi connectivity index (χ2v) is 14.6. The van der Waals surface area contributed by atoms with E-state index in [2.05, 4.69) is 0 Å². The van der Waals surface area contributed by atoms with Crippen LogP contribution in [0.4, 0.5) is 5.69 Å². The average Bonchev–Trinajstić information content (AvgIpc) is 3.59. The summed E-state index contributed by atoms with van der Waals surface area (Å²) in [6.45, 7) is 1.57. The van der Waals surface area contributed by atoms with Gasteiger partial charge in [-0.1, -0.05) is 115 Å². The van der Waals surface area contributed by atoms with Crippen molar-refractivity contribution in [3.05, 3.63) is 139 Å². The molecule has 0 radical (unpaired) electrons. The number of carbonyl (C=O) groups is 4. The summed E-state index contributed by atoms with van der Waals surface area (Å²) < 4.78 is 13.3. The average molecular weight is 726 g/mol. The van der Waals surface area contributed by atoms with Crippen LogP contribution in [0.1, 0.15) is 43.0 Å². The minimum absolute atomic E-state index is 0.100. The Balaban J connectivity index is 1.26. The molecule has 0 unspecified atom stereocenters. The molecule has 0 aromatic heterocycles. The van der Waals surface area contributed by atoms with Gasteiger partial charge in [-0.25, -0.2) is 0 Å². The largest absolute Gasteiger partial charge is 0.455 e. The van der Waals surface area contributed by atoms with E-state index in [0.29, 0.717) is 23.2 Å². The lowest BCUT2D eigenvalue weighted by Gasteiger charge is -2.38. The first-order chi connectivity index (χ1) is 26.2. The van der Waals surface area contributed by atoms with Crippen LogP contribution in [0.5, 0.6) is 0 Å². The van der Waals surface area contributed by atoms with E-state index in [1.54, 1.807) is 35.1 Å². The van der Waals surface area contributed by atoms with E-state index in [1.165, 1.54) is 4.90 Å². The van der Waals surface area contributed by atoms with Crippen LogP contribution >= 0.6 is 0 Å². The van der Waals surface area contributed by atoms with Gasteiger partial charge in [-0.2, -0.15) is 0 Å². The molecule has 8 atom stereocenters. The van der Waals surface area contributed by atoms with E-state index in [1.807, 2.05) is 116 Å². The highest BCUT2D eigenvalue weighted by Crippen LogP contribution is 2.55. The van der Waals surface area contributed by atoms with Crippen molar-refractivity contribution in [1.29, 1.82) is 0 Å². The summed E-state index contributed by atoms with van der Waals surface area (Å²) in [4.78, 5) is 63.2. The van der Waals surface area contributed by atoms with Gasteiger partial charge >= 0.3 is 5.97 Å². The third kappa shape index (κ3) is 5.90. The number of hydrogen-bond acceptors (Lipinski definition) is 7. The molecule has 3 amide bonds. The number of aliphatic hydroxyl groups excluding tert-OH is 1. The van der Waals surface area contributed by atoms with Crippen molar-refractivity contribution in [3.63, 3.8) is 0 Å². The molecule has 2 saturated heterocycles. The molecular weight excluding hydrogens is 682 g/mol. The van der Waals surface area contributed by atoms with E-state index in [4.69, 9.17) is 9.47 Å². The van der Waals surface area contributed by atoms with E-state index in [0.717, 1.165) is 10.8 Å². The Morgan fingerprint density at radius 3 is 2.30 bits per heavy atom. The topological polar surface area (TPSA) is 117 Å². The molecule has 0 saturated carbocycles. The number of hydrogen-bond donors (Lipinski definition) is 1. The van der Waals surface area contributed by atoms with E-state index in [9.17, 15) is 14.7 Å². The number of likely N-dealkylation sites (tertiary alicyclic amines) is 1. The van der Waals surface area contributed by atoms with Gasteiger partial charge in [0.25, 0.3) is 5.91 Å². The monoisotopic (exact) mass is 725 g/mol. The molecule has 4 aromatic rings. The summed E-state index contributed by atoms with van der Waals surface area (Å²) in [6.07, 6.45) is 5.97. The van der Waals surface area contributed by atoms with Crippen molar-refractivity contribution in [2.75, 3.05) is 25.1 Å². The maximum atomic E-state index is 15.2. The number of cyclic esters (lactones) is 1. The number of amides is 3. The summed E-state index contributed by atoms with van der Waals surface area (Å²) in [5, 5.41) is 13.0. The molecule has 276 valence electrons. The number of aliphatic hydroxyl groups is 1. The van der Waals surface area contributed by atoms with E-state index in [-0.39, 0.29) is 18.9 Å². The number of carbonyl (C=O) groups excluding carboxylic acids is 4. The number of anilines is 1.